The maximum Gasteiger partial charge on any atom is 0.253 e. The second-order valence-electron chi connectivity index (χ2n) is 3.83. The SMILES string of the molecule is O=C1CC(=CCC=Cc2ccccc2)C(=O)N1. The maximum absolute atomic E-state index is 11.2. The van der Waals surface area contributed by atoms with Crippen LogP contribution >= 0.6 is 0 Å². The Kier molecular flexibility index (Phi) is 3.50. The summed E-state index contributed by atoms with van der Waals surface area (Å²) in [6, 6.07) is 9.93. The Morgan fingerprint density at radius 1 is 1.18 bits per heavy atom. The van der Waals surface area contributed by atoms with E-state index in [1.165, 1.54) is 0 Å². The lowest BCUT2D eigenvalue weighted by Crippen LogP contribution is -2.19. The highest BCUT2D eigenvalue weighted by molar-refractivity contribution is 6.13. The van der Waals surface area contributed by atoms with Gasteiger partial charge in [0.05, 0.1) is 6.42 Å². The van der Waals surface area contributed by atoms with Crippen LogP contribution in [0.15, 0.2) is 48.1 Å². The van der Waals surface area contributed by atoms with Crippen LogP contribution in [0, 0.1) is 0 Å². The average Bonchev–Trinajstić information content (AvgIpc) is 2.65. The number of hydrogen-bond acceptors (Lipinski definition) is 2. The van der Waals surface area contributed by atoms with Crippen molar-refractivity contribution in [3.8, 4) is 0 Å². The fourth-order valence-corrected chi connectivity index (χ4v) is 1.65. The maximum atomic E-state index is 11.2. The predicted molar refractivity (Wildman–Crippen MR) is 65.9 cm³/mol. The molecule has 0 saturated carbocycles. The van der Waals surface area contributed by atoms with Gasteiger partial charge in [0.15, 0.2) is 0 Å². The molecule has 0 radical (unpaired) electrons. The van der Waals surface area contributed by atoms with Gasteiger partial charge >= 0.3 is 0 Å². The van der Waals surface area contributed by atoms with Crippen LogP contribution in [0.5, 0.6) is 0 Å². The first-order valence-corrected chi connectivity index (χ1v) is 5.50. The molecular weight excluding hydrogens is 214 g/mol. The first-order chi connectivity index (χ1) is 8.25. The standard InChI is InChI=1S/C14H13NO2/c16-13-10-12(14(17)15-13)9-5-4-8-11-6-2-1-3-7-11/h1-4,6-9H,5,10H2,(H,15,16,17). The molecule has 0 unspecified atom stereocenters. The lowest BCUT2D eigenvalue weighted by atomic mass is 10.1. The van der Waals surface area contributed by atoms with Crippen LogP contribution in [0.3, 0.4) is 0 Å². The highest BCUT2D eigenvalue weighted by Crippen LogP contribution is 2.10. The molecule has 0 aliphatic carbocycles. The zero-order valence-corrected chi connectivity index (χ0v) is 9.35. The summed E-state index contributed by atoms with van der Waals surface area (Å²) < 4.78 is 0. The quantitative estimate of drug-likeness (QED) is 0.634. The van der Waals surface area contributed by atoms with E-state index in [1.54, 1.807) is 6.08 Å². The molecule has 1 fully saturated rings. The molecule has 3 nitrogen and oxygen atoms in total. The van der Waals surface area contributed by atoms with Crippen molar-refractivity contribution >= 4 is 17.9 Å². The molecule has 0 atom stereocenters. The van der Waals surface area contributed by atoms with Gasteiger partial charge in [0.25, 0.3) is 5.91 Å². The summed E-state index contributed by atoms with van der Waals surface area (Å²) >= 11 is 0. The molecule has 1 heterocycles. The van der Waals surface area contributed by atoms with E-state index in [0.717, 1.165) is 5.56 Å². The minimum Gasteiger partial charge on any atom is -0.292 e. The van der Waals surface area contributed by atoms with Crippen molar-refractivity contribution in [2.24, 2.45) is 0 Å². The molecule has 86 valence electrons. The zero-order valence-electron chi connectivity index (χ0n) is 9.35. The van der Waals surface area contributed by atoms with Crippen LogP contribution < -0.4 is 5.32 Å². The van der Waals surface area contributed by atoms with E-state index in [4.69, 9.17) is 0 Å². The Morgan fingerprint density at radius 2 is 1.94 bits per heavy atom. The molecule has 1 aromatic carbocycles. The van der Waals surface area contributed by atoms with E-state index in [2.05, 4.69) is 5.32 Å². The van der Waals surface area contributed by atoms with Crippen LogP contribution in [-0.2, 0) is 9.59 Å². The van der Waals surface area contributed by atoms with Crippen LogP contribution in [0.2, 0.25) is 0 Å². The minimum atomic E-state index is -0.261. The van der Waals surface area contributed by atoms with E-state index in [-0.39, 0.29) is 18.2 Å². The summed E-state index contributed by atoms with van der Waals surface area (Å²) in [6.45, 7) is 0. The number of carbonyl (C=O) groups excluding carboxylic acids is 2. The molecule has 1 aromatic rings. The molecule has 1 aliphatic rings. The van der Waals surface area contributed by atoms with Crippen molar-refractivity contribution in [1.82, 2.24) is 5.32 Å². The summed E-state index contributed by atoms with van der Waals surface area (Å²) in [5.41, 5.74) is 1.69. The number of allylic oxidation sites excluding steroid dienone is 2. The number of carbonyl (C=O) groups is 2. The van der Waals surface area contributed by atoms with Crippen molar-refractivity contribution < 1.29 is 9.59 Å². The lowest BCUT2D eigenvalue weighted by Gasteiger charge is -1.91. The third-order valence-corrected chi connectivity index (χ3v) is 2.51. The number of nitrogens with one attached hydrogen (secondary N) is 1. The van der Waals surface area contributed by atoms with Crippen LogP contribution in [0.1, 0.15) is 18.4 Å². The molecule has 2 rings (SSSR count). The number of benzene rings is 1. The van der Waals surface area contributed by atoms with Crippen molar-refractivity contribution in [1.29, 1.82) is 0 Å². The van der Waals surface area contributed by atoms with E-state index >= 15 is 0 Å². The Bertz CT molecular complexity index is 486. The fourth-order valence-electron chi connectivity index (χ4n) is 1.65. The van der Waals surface area contributed by atoms with Crippen LogP contribution in [-0.4, -0.2) is 11.8 Å². The van der Waals surface area contributed by atoms with Gasteiger partial charge < -0.3 is 0 Å². The molecule has 3 heteroatoms. The molecule has 0 spiro atoms. The Balaban J connectivity index is 1.91. The van der Waals surface area contributed by atoms with Gasteiger partial charge in [-0.3, -0.25) is 14.9 Å². The topological polar surface area (TPSA) is 46.2 Å². The molecule has 17 heavy (non-hydrogen) atoms. The molecule has 1 aliphatic heterocycles. The highest BCUT2D eigenvalue weighted by Gasteiger charge is 2.22. The molecule has 0 bridgehead atoms. The molecule has 1 saturated heterocycles. The number of hydrogen-bond donors (Lipinski definition) is 1. The monoisotopic (exact) mass is 227 g/mol. The zero-order chi connectivity index (χ0) is 12.1. The third-order valence-electron chi connectivity index (χ3n) is 2.51. The normalized spacial score (nSPS) is 18.0. The number of rotatable bonds is 3. The summed E-state index contributed by atoms with van der Waals surface area (Å²) in [6.07, 6.45) is 6.62. The molecular formula is C14H13NO2. The first kappa shape index (κ1) is 11.3. The molecule has 1 N–H and O–H groups in total. The van der Waals surface area contributed by atoms with Gasteiger partial charge in [0.1, 0.15) is 0 Å². The van der Waals surface area contributed by atoms with Gasteiger partial charge in [-0.05, 0) is 12.0 Å². The second-order valence-corrected chi connectivity index (χ2v) is 3.83. The second kappa shape index (κ2) is 5.25. The summed E-state index contributed by atoms with van der Waals surface area (Å²) in [5, 5.41) is 2.26. The average molecular weight is 227 g/mol. The summed E-state index contributed by atoms with van der Waals surface area (Å²) in [4.78, 5) is 22.2. The van der Waals surface area contributed by atoms with Crippen LogP contribution in [0.4, 0.5) is 0 Å². The lowest BCUT2D eigenvalue weighted by molar-refractivity contribution is -0.124. The summed E-state index contributed by atoms with van der Waals surface area (Å²) in [5.74, 6) is -0.476. The van der Waals surface area contributed by atoms with E-state index in [9.17, 15) is 9.59 Å². The van der Waals surface area contributed by atoms with Gasteiger partial charge in [0, 0.05) is 5.57 Å². The Morgan fingerprint density at radius 3 is 2.59 bits per heavy atom. The van der Waals surface area contributed by atoms with Gasteiger partial charge in [-0.25, -0.2) is 0 Å². The van der Waals surface area contributed by atoms with Crippen molar-refractivity contribution in [2.75, 3.05) is 0 Å². The highest BCUT2D eigenvalue weighted by atomic mass is 16.2. The Labute approximate surface area is 99.8 Å². The van der Waals surface area contributed by atoms with Crippen LogP contribution in [0.25, 0.3) is 6.08 Å². The largest absolute Gasteiger partial charge is 0.292 e. The first-order valence-electron chi connectivity index (χ1n) is 5.50. The van der Waals surface area contributed by atoms with E-state index < -0.39 is 0 Å². The predicted octanol–water partition coefficient (Wildman–Crippen LogP) is 2.06. The number of amides is 2. The Hall–Kier alpha value is -2.16. The van der Waals surface area contributed by atoms with Gasteiger partial charge in [-0.1, -0.05) is 48.6 Å². The van der Waals surface area contributed by atoms with Gasteiger partial charge in [-0.2, -0.15) is 0 Å². The van der Waals surface area contributed by atoms with Crippen molar-refractivity contribution in [3.63, 3.8) is 0 Å². The van der Waals surface area contributed by atoms with Crippen molar-refractivity contribution in [3.05, 3.63) is 53.6 Å². The fraction of sp³-hybridized carbons (Fsp3) is 0.143. The van der Waals surface area contributed by atoms with Gasteiger partial charge in [0.2, 0.25) is 5.91 Å². The summed E-state index contributed by atoms with van der Waals surface area (Å²) in [7, 11) is 0. The third kappa shape index (κ3) is 3.14. The smallest absolute Gasteiger partial charge is 0.253 e. The van der Waals surface area contributed by atoms with Crippen molar-refractivity contribution in [2.45, 2.75) is 12.8 Å². The van der Waals surface area contributed by atoms with Gasteiger partial charge in [-0.15, -0.1) is 0 Å². The molecule has 0 aromatic heterocycles. The molecule has 2 amide bonds. The number of imide groups is 1. The van der Waals surface area contributed by atoms with E-state index in [1.807, 2.05) is 42.5 Å². The minimum absolute atomic E-state index is 0.206. The van der Waals surface area contributed by atoms with E-state index in [0.29, 0.717) is 12.0 Å².